The Morgan fingerprint density at radius 3 is 2.58 bits per heavy atom. The molecule has 5 nitrogen and oxygen atoms in total. The van der Waals surface area contributed by atoms with Crippen LogP contribution in [0.5, 0.6) is 5.75 Å². The number of Topliss-reactive ketones (excluding diaryl/α,β-unsaturated/α-hetero) is 1. The minimum atomic E-state index is -0.712. The molecule has 2 aromatic carbocycles. The maximum atomic E-state index is 13.2. The Bertz CT molecular complexity index is 1230. The number of carbonyl (C=O) groups is 2. The summed E-state index contributed by atoms with van der Waals surface area (Å²) in [4.78, 5) is 28.6. The maximum absolute atomic E-state index is 13.2. The monoisotopic (exact) mass is 525 g/mol. The molecule has 1 saturated heterocycles. The highest BCUT2D eigenvalue weighted by atomic mass is 79.9. The van der Waals surface area contributed by atoms with Gasteiger partial charge in [0.25, 0.3) is 11.7 Å². The number of benzene rings is 2. The molecule has 0 spiro atoms. The van der Waals surface area contributed by atoms with E-state index in [0.29, 0.717) is 23.8 Å². The van der Waals surface area contributed by atoms with E-state index < -0.39 is 17.7 Å². The molecule has 1 fully saturated rings. The molecule has 3 aromatic rings. The second kappa shape index (κ2) is 9.53. The summed E-state index contributed by atoms with van der Waals surface area (Å²) in [5, 5.41) is 13.2. The zero-order chi connectivity index (χ0) is 23.7. The fourth-order valence-corrected chi connectivity index (χ4v) is 5.02. The lowest BCUT2D eigenvalue weighted by Gasteiger charge is -2.24. The largest absolute Gasteiger partial charge is 0.507 e. The third kappa shape index (κ3) is 4.61. The van der Waals surface area contributed by atoms with E-state index in [1.54, 1.807) is 30.3 Å². The standard InChI is InChI=1S/C26H24BrNO4S/c1-15(2)14-32-20-10-9-17(12-16(20)3)24(29)22-23(21-8-5-11-33-21)28(26(31)25(22)30)19-7-4-6-18(27)13-19/h4-13,15,23,29H,14H2,1-3H3/b24-22-. The van der Waals surface area contributed by atoms with Gasteiger partial charge in [-0.3, -0.25) is 14.5 Å². The van der Waals surface area contributed by atoms with Crippen LogP contribution < -0.4 is 9.64 Å². The number of thiophene rings is 1. The number of aliphatic hydroxyl groups excluding tert-OH is 1. The summed E-state index contributed by atoms with van der Waals surface area (Å²) in [6.45, 7) is 6.63. The van der Waals surface area contributed by atoms with Gasteiger partial charge in [-0.2, -0.15) is 0 Å². The summed E-state index contributed by atoms with van der Waals surface area (Å²) in [6.07, 6.45) is 0. The molecular formula is C26H24BrNO4S. The van der Waals surface area contributed by atoms with Crippen molar-refractivity contribution in [1.29, 1.82) is 0 Å². The Morgan fingerprint density at radius 1 is 1.15 bits per heavy atom. The molecule has 7 heteroatoms. The van der Waals surface area contributed by atoms with Crippen LogP contribution in [0.25, 0.3) is 5.76 Å². The molecule has 0 saturated carbocycles. The summed E-state index contributed by atoms with van der Waals surface area (Å²) in [5.74, 6) is -0.449. The van der Waals surface area contributed by atoms with Gasteiger partial charge in [0.1, 0.15) is 17.6 Å². The Kier molecular flexibility index (Phi) is 6.72. The highest BCUT2D eigenvalue weighted by Crippen LogP contribution is 2.44. The third-order valence-electron chi connectivity index (χ3n) is 5.36. The summed E-state index contributed by atoms with van der Waals surface area (Å²) >= 11 is 4.87. The summed E-state index contributed by atoms with van der Waals surface area (Å²) in [7, 11) is 0. The van der Waals surface area contributed by atoms with Gasteiger partial charge in [0, 0.05) is 20.6 Å². The smallest absolute Gasteiger partial charge is 0.300 e. The van der Waals surface area contributed by atoms with Crippen LogP contribution in [0.15, 0.2) is 70.0 Å². The number of ketones is 1. The molecule has 170 valence electrons. The Morgan fingerprint density at radius 2 is 1.94 bits per heavy atom. The number of carbonyl (C=O) groups excluding carboxylic acids is 2. The minimum Gasteiger partial charge on any atom is -0.507 e. The zero-order valence-electron chi connectivity index (χ0n) is 18.5. The van der Waals surface area contributed by atoms with Crippen LogP contribution in [0.2, 0.25) is 0 Å². The number of hydrogen-bond donors (Lipinski definition) is 1. The Balaban J connectivity index is 1.81. The number of ether oxygens (including phenoxy) is 1. The lowest BCUT2D eigenvalue weighted by Crippen LogP contribution is -2.29. The van der Waals surface area contributed by atoms with Crippen LogP contribution in [0.3, 0.4) is 0 Å². The second-order valence-electron chi connectivity index (χ2n) is 8.35. The van der Waals surface area contributed by atoms with Crippen LogP contribution in [-0.2, 0) is 9.59 Å². The normalized spacial score (nSPS) is 17.7. The molecular weight excluding hydrogens is 502 g/mol. The van der Waals surface area contributed by atoms with Gasteiger partial charge in [-0.05, 0) is 66.2 Å². The van der Waals surface area contributed by atoms with Gasteiger partial charge in [-0.1, -0.05) is 41.9 Å². The van der Waals surface area contributed by atoms with Crippen LogP contribution >= 0.6 is 27.3 Å². The quantitative estimate of drug-likeness (QED) is 0.227. The SMILES string of the molecule is Cc1cc(/C(O)=C2/C(=O)C(=O)N(c3cccc(Br)c3)C2c2cccs2)ccc1OCC(C)C. The molecule has 1 aliphatic heterocycles. The number of aliphatic hydroxyl groups is 1. The van der Waals surface area contributed by atoms with Crippen LogP contribution in [0, 0.1) is 12.8 Å². The van der Waals surface area contributed by atoms with Gasteiger partial charge in [0.2, 0.25) is 0 Å². The zero-order valence-corrected chi connectivity index (χ0v) is 20.9. The Hall–Kier alpha value is -2.90. The number of amides is 1. The van der Waals surface area contributed by atoms with E-state index in [9.17, 15) is 14.7 Å². The van der Waals surface area contributed by atoms with Crippen molar-refractivity contribution in [3.05, 3.63) is 86.0 Å². The predicted molar refractivity (Wildman–Crippen MR) is 135 cm³/mol. The molecule has 2 heterocycles. The first kappa shape index (κ1) is 23.3. The van der Waals surface area contributed by atoms with E-state index in [-0.39, 0.29) is 11.3 Å². The molecule has 0 bridgehead atoms. The predicted octanol–water partition coefficient (Wildman–Crippen LogP) is 6.48. The van der Waals surface area contributed by atoms with Gasteiger partial charge in [0.05, 0.1) is 12.2 Å². The highest BCUT2D eigenvalue weighted by molar-refractivity contribution is 9.10. The summed E-state index contributed by atoms with van der Waals surface area (Å²) in [5.41, 5.74) is 1.97. The van der Waals surface area contributed by atoms with Crippen LogP contribution in [-0.4, -0.2) is 23.4 Å². The van der Waals surface area contributed by atoms with Gasteiger partial charge in [-0.25, -0.2) is 0 Å². The lowest BCUT2D eigenvalue weighted by molar-refractivity contribution is -0.132. The van der Waals surface area contributed by atoms with Crippen molar-refractivity contribution >= 4 is 50.4 Å². The molecule has 0 radical (unpaired) electrons. The molecule has 33 heavy (non-hydrogen) atoms. The van der Waals surface area contributed by atoms with Gasteiger partial charge >= 0.3 is 0 Å². The van der Waals surface area contributed by atoms with E-state index in [2.05, 4.69) is 29.8 Å². The molecule has 0 aliphatic carbocycles. The molecule has 1 aromatic heterocycles. The molecule has 1 aliphatic rings. The second-order valence-corrected chi connectivity index (χ2v) is 10.2. The van der Waals surface area contributed by atoms with Crippen molar-refractivity contribution in [3.63, 3.8) is 0 Å². The van der Waals surface area contributed by atoms with Gasteiger partial charge < -0.3 is 9.84 Å². The fraction of sp³-hybridized carbons (Fsp3) is 0.231. The van der Waals surface area contributed by atoms with Crippen molar-refractivity contribution in [3.8, 4) is 5.75 Å². The van der Waals surface area contributed by atoms with Crippen LogP contribution in [0.4, 0.5) is 5.69 Å². The number of hydrogen-bond acceptors (Lipinski definition) is 5. The maximum Gasteiger partial charge on any atom is 0.300 e. The van der Waals surface area contributed by atoms with E-state index >= 15 is 0 Å². The molecule has 1 unspecified atom stereocenters. The number of nitrogens with zero attached hydrogens (tertiary/aromatic N) is 1. The summed E-state index contributed by atoms with van der Waals surface area (Å²) in [6, 6.07) is 15.5. The average Bonchev–Trinajstić information content (AvgIpc) is 3.39. The number of aryl methyl sites for hydroxylation is 1. The van der Waals surface area contributed by atoms with Gasteiger partial charge in [-0.15, -0.1) is 11.3 Å². The third-order valence-corrected chi connectivity index (χ3v) is 6.78. The average molecular weight is 526 g/mol. The van der Waals surface area contributed by atoms with E-state index in [0.717, 1.165) is 20.7 Å². The van der Waals surface area contributed by atoms with Gasteiger partial charge in [0.15, 0.2) is 0 Å². The van der Waals surface area contributed by atoms with E-state index in [4.69, 9.17) is 4.74 Å². The first-order valence-corrected chi connectivity index (χ1v) is 12.3. The first-order valence-electron chi connectivity index (χ1n) is 10.6. The first-order chi connectivity index (χ1) is 15.8. The molecule has 1 amide bonds. The summed E-state index contributed by atoms with van der Waals surface area (Å²) < 4.78 is 6.62. The molecule has 1 N–H and O–H groups in total. The van der Waals surface area contributed by atoms with E-state index in [1.807, 2.05) is 36.6 Å². The number of anilines is 1. The number of rotatable bonds is 6. The van der Waals surface area contributed by atoms with Crippen molar-refractivity contribution < 1.29 is 19.4 Å². The highest BCUT2D eigenvalue weighted by Gasteiger charge is 2.47. The van der Waals surface area contributed by atoms with Crippen molar-refractivity contribution in [2.45, 2.75) is 26.8 Å². The topological polar surface area (TPSA) is 66.8 Å². The van der Waals surface area contributed by atoms with Crippen LogP contribution in [0.1, 0.15) is 35.9 Å². The van der Waals surface area contributed by atoms with Crippen molar-refractivity contribution in [2.75, 3.05) is 11.5 Å². The van der Waals surface area contributed by atoms with E-state index in [1.165, 1.54) is 16.2 Å². The number of halogens is 1. The Labute approximate surface area is 205 Å². The minimum absolute atomic E-state index is 0.0812. The fourth-order valence-electron chi connectivity index (χ4n) is 3.81. The molecule has 1 atom stereocenters. The molecule has 4 rings (SSSR count). The van der Waals surface area contributed by atoms with Crippen molar-refractivity contribution in [1.82, 2.24) is 0 Å². The lowest BCUT2D eigenvalue weighted by atomic mass is 9.98. The van der Waals surface area contributed by atoms with Crippen molar-refractivity contribution in [2.24, 2.45) is 5.92 Å².